The average molecular weight is 451 g/mol. The maximum absolute atomic E-state index is 13.5. The largest absolute Gasteiger partial charge is 0.508 e. The van der Waals surface area contributed by atoms with Crippen molar-refractivity contribution in [3.63, 3.8) is 0 Å². The Bertz CT molecular complexity index is 1220. The predicted octanol–water partition coefficient (Wildman–Crippen LogP) is 4.15. The number of hydrogen-bond acceptors (Lipinski definition) is 7. The van der Waals surface area contributed by atoms with Gasteiger partial charge in [-0.3, -0.25) is 9.59 Å². The highest BCUT2D eigenvalue weighted by Gasteiger charge is 2.44. The van der Waals surface area contributed by atoms with Gasteiger partial charge in [0, 0.05) is 11.9 Å². The Hall–Kier alpha value is -3.78. The van der Waals surface area contributed by atoms with E-state index in [0.717, 1.165) is 0 Å². The van der Waals surface area contributed by atoms with Crippen LogP contribution in [0.2, 0.25) is 0 Å². The molecule has 1 aliphatic heterocycles. The van der Waals surface area contributed by atoms with Crippen LogP contribution in [-0.2, 0) is 9.53 Å². The number of aromatic hydroxyl groups is 1. The molecule has 2 heterocycles. The minimum Gasteiger partial charge on any atom is -0.508 e. The summed E-state index contributed by atoms with van der Waals surface area (Å²) in [6.45, 7) is 4.15. The third-order valence-corrected chi connectivity index (χ3v) is 5.49. The number of hydrogen-bond donors (Lipinski definition) is 2. The first-order valence-corrected chi connectivity index (χ1v) is 10.6. The Morgan fingerprint density at radius 2 is 1.88 bits per heavy atom. The molecule has 2 N–H and O–H groups in total. The smallest absolute Gasteiger partial charge is 0.290 e. The average Bonchev–Trinajstić information content (AvgIpc) is 3.34. The van der Waals surface area contributed by atoms with Crippen molar-refractivity contribution in [2.45, 2.75) is 26.0 Å². The van der Waals surface area contributed by atoms with Gasteiger partial charge in [-0.15, -0.1) is 0 Å². The van der Waals surface area contributed by atoms with Crippen molar-refractivity contribution in [3.8, 4) is 11.5 Å². The van der Waals surface area contributed by atoms with Crippen LogP contribution in [0.3, 0.4) is 0 Å². The van der Waals surface area contributed by atoms with E-state index in [2.05, 4.69) is 0 Å². The molecule has 1 aromatic heterocycles. The van der Waals surface area contributed by atoms with Crippen LogP contribution >= 0.6 is 0 Å². The minimum atomic E-state index is -0.864. The minimum absolute atomic E-state index is 0.0205. The van der Waals surface area contributed by atoms with Gasteiger partial charge in [-0.2, -0.15) is 0 Å². The summed E-state index contributed by atoms with van der Waals surface area (Å²) in [5.41, 5.74) is 0.871. The number of carbonyl (C=O) groups is 2. The van der Waals surface area contributed by atoms with E-state index < -0.39 is 23.5 Å². The van der Waals surface area contributed by atoms with E-state index in [-0.39, 0.29) is 36.3 Å². The highest BCUT2D eigenvalue weighted by atomic mass is 16.5. The number of methoxy groups -OCH3 is 1. The molecule has 172 valence electrons. The van der Waals surface area contributed by atoms with Crippen LogP contribution in [0.25, 0.3) is 11.0 Å². The first-order valence-electron chi connectivity index (χ1n) is 10.6. The number of para-hydroxylation sites is 1. The number of benzene rings is 2. The first kappa shape index (κ1) is 22.4. The van der Waals surface area contributed by atoms with Crippen LogP contribution in [0.5, 0.6) is 11.5 Å². The molecule has 33 heavy (non-hydrogen) atoms. The number of aliphatic hydroxyl groups is 1. The summed E-state index contributed by atoms with van der Waals surface area (Å²) in [7, 11) is 1.50. The fraction of sp³-hybridized carbons (Fsp3) is 0.280. The summed E-state index contributed by atoms with van der Waals surface area (Å²) in [4.78, 5) is 27.9. The Morgan fingerprint density at radius 1 is 1.15 bits per heavy atom. The summed E-state index contributed by atoms with van der Waals surface area (Å²) >= 11 is 0. The normalized spacial score (nSPS) is 16.3. The quantitative estimate of drug-likeness (QED) is 0.495. The second-order valence-corrected chi connectivity index (χ2v) is 7.99. The van der Waals surface area contributed by atoms with E-state index in [9.17, 15) is 19.8 Å². The number of ether oxygens (including phenoxy) is 2. The Morgan fingerprint density at radius 3 is 2.55 bits per heavy atom. The van der Waals surface area contributed by atoms with Crippen molar-refractivity contribution in [1.29, 1.82) is 0 Å². The summed E-state index contributed by atoms with van der Waals surface area (Å²) in [6, 6.07) is 12.1. The lowest BCUT2D eigenvalue weighted by Crippen LogP contribution is -2.34. The molecule has 0 fully saturated rings. The number of Topliss-reactive ketones (excluding diaryl/α,β-unsaturated/α-hetero) is 1. The van der Waals surface area contributed by atoms with Crippen LogP contribution in [0.4, 0.5) is 0 Å². The maximum Gasteiger partial charge on any atom is 0.290 e. The van der Waals surface area contributed by atoms with Gasteiger partial charge >= 0.3 is 0 Å². The lowest BCUT2D eigenvalue weighted by Gasteiger charge is -2.27. The van der Waals surface area contributed by atoms with Gasteiger partial charge in [0.2, 0.25) is 5.78 Å². The van der Waals surface area contributed by atoms with Crippen molar-refractivity contribution < 1.29 is 33.7 Å². The van der Waals surface area contributed by atoms with E-state index in [1.807, 2.05) is 13.8 Å². The summed E-state index contributed by atoms with van der Waals surface area (Å²) in [6.07, 6.45) is -0.0389. The van der Waals surface area contributed by atoms with Gasteiger partial charge in [0.25, 0.3) is 5.91 Å². The van der Waals surface area contributed by atoms with Gasteiger partial charge in [-0.25, -0.2) is 0 Å². The molecule has 8 nitrogen and oxygen atoms in total. The number of carbonyl (C=O) groups excluding carboxylic acids is 2. The van der Waals surface area contributed by atoms with Crippen molar-refractivity contribution in [2.75, 3.05) is 20.3 Å². The van der Waals surface area contributed by atoms with E-state index in [0.29, 0.717) is 22.3 Å². The number of aliphatic hydroxyl groups excluding tert-OH is 1. The number of phenols is 1. The molecule has 0 spiro atoms. The van der Waals surface area contributed by atoms with Gasteiger partial charge < -0.3 is 29.0 Å². The Balaban J connectivity index is 1.76. The number of furan rings is 1. The number of amides is 1. The third-order valence-electron chi connectivity index (χ3n) is 5.49. The van der Waals surface area contributed by atoms with Gasteiger partial charge in [0.05, 0.1) is 31.4 Å². The molecule has 1 unspecified atom stereocenters. The summed E-state index contributed by atoms with van der Waals surface area (Å²) in [5.74, 6) is -1.41. The second-order valence-electron chi connectivity index (χ2n) is 7.99. The highest BCUT2D eigenvalue weighted by molar-refractivity contribution is 6.16. The van der Waals surface area contributed by atoms with Crippen molar-refractivity contribution in [1.82, 2.24) is 4.90 Å². The van der Waals surface area contributed by atoms with Crippen LogP contribution in [-0.4, -0.2) is 53.2 Å². The molecule has 2 aromatic carbocycles. The zero-order valence-corrected chi connectivity index (χ0v) is 18.6. The van der Waals surface area contributed by atoms with E-state index in [4.69, 9.17) is 13.9 Å². The Labute approximate surface area is 190 Å². The number of nitrogens with zero attached hydrogens (tertiary/aromatic N) is 1. The van der Waals surface area contributed by atoms with Crippen molar-refractivity contribution >= 4 is 22.7 Å². The SMILES string of the molecule is COc1cccc2cc(C(=O)C3=C(O)C(=O)N(CCOC(C)C)C3c3ccc(O)cc3)oc12. The van der Waals surface area contributed by atoms with E-state index in [1.165, 1.54) is 24.1 Å². The molecule has 1 atom stereocenters. The molecule has 1 amide bonds. The van der Waals surface area contributed by atoms with Crippen LogP contribution in [0.15, 0.2) is 64.3 Å². The first-order chi connectivity index (χ1) is 15.8. The summed E-state index contributed by atoms with van der Waals surface area (Å²) < 4.78 is 16.7. The molecule has 0 saturated carbocycles. The molecule has 3 aromatic rings. The predicted molar refractivity (Wildman–Crippen MR) is 120 cm³/mol. The van der Waals surface area contributed by atoms with E-state index >= 15 is 0 Å². The van der Waals surface area contributed by atoms with Crippen LogP contribution in [0, 0.1) is 0 Å². The molecular weight excluding hydrogens is 426 g/mol. The molecule has 0 radical (unpaired) electrons. The number of rotatable bonds is 8. The fourth-order valence-electron chi connectivity index (χ4n) is 3.95. The van der Waals surface area contributed by atoms with Gasteiger partial charge in [0.1, 0.15) is 5.75 Å². The number of fused-ring (bicyclic) bond motifs is 1. The van der Waals surface area contributed by atoms with E-state index in [1.54, 1.807) is 36.4 Å². The fourth-order valence-corrected chi connectivity index (χ4v) is 3.95. The van der Waals surface area contributed by atoms with Crippen LogP contribution < -0.4 is 4.74 Å². The van der Waals surface area contributed by atoms with Crippen molar-refractivity contribution in [3.05, 3.63) is 71.2 Å². The van der Waals surface area contributed by atoms with Gasteiger partial charge in [-0.1, -0.05) is 24.3 Å². The molecule has 0 saturated heterocycles. The zero-order valence-electron chi connectivity index (χ0n) is 18.6. The number of phenolic OH excluding ortho intramolecular Hbond substituents is 1. The van der Waals surface area contributed by atoms with Crippen LogP contribution in [0.1, 0.15) is 36.0 Å². The standard InChI is InChI=1S/C25H25NO7/c1-14(2)32-12-11-26-21(15-7-9-17(27)10-8-15)20(23(29)25(26)30)22(28)19-13-16-5-4-6-18(31-3)24(16)33-19/h4-10,13-14,21,27,29H,11-12H2,1-3H3. The monoisotopic (exact) mass is 451 g/mol. The Kier molecular flexibility index (Phi) is 6.11. The second kappa shape index (κ2) is 8.99. The maximum atomic E-state index is 13.5. The highest BCUT2D eigenvalue weighted by Crippen LogP contribution is 2.40. The van der Waals surface area contributed by atoms with Gasteiger partial charge in [-0.05, 0) is 43.7 Å². The third kappa shape index (κ3) is 4.17. The zero-order chi connectivity index (χ0) is 23.7. The molecule has 4 rings (SSSR count). The van der Waals surface area contributed by atoms with Crippen molar-refractivity contribution in [2.24, 2.45) is 0 Å². The lowest BCUT2D eigenvalue weighted by molar-refractivity contribution is -0.130. The molecule has 0 aliphatic carbocycles. The topological polar surface area (TPSA) is 109 Å². The molecule has 0 bridgehead atoms. The molecular formula is C25H25NO7. The molecule has 8 heteroatoms. The lowest BCUT2D eigenvalue weighted by atomic mass is 9.95. The summed E-state index contributed by atoms with van der Waals surface area (Å²) in [5, 5.41) is 21.1. The van der Waals surface area contributed by atoms with Gasteiger partial charge in [0.15, 0.2) is 22.9 Å². The molecule has 1 aliphatic rings. The number of ketones is 1.